The highest BCUT2D eigenvalue weighted by atomic mass is 16.3. The van der Waals surface area contributed by atoms with Crippen molar-refractivity contribution >= 4 is 16.9 Å². The number of piperidine rings is 1. The first-order valence-corrected chi connectivity index (χ1v) is 8.71. The van der Waals surface area contributed by atoms with E-state index in [1.807, 2.05) is 24.3 Å². The first kappa shape index (κ1) is 16.1. The molecule has 1 saturated heterocycles. The monoisotopic (exact) mass is 314 g/mol. The fourth-order valence-corrected chi connectivity index (χ4v) is 3.33. The van der Waals surface area contributed by atoms with Crippen molar-refractivity contribution in [1.29, 1.82) is 0 Å². The van der Waals surface area contributed by atoms with Crippen molar-refractivity contribution < 1.29 is 9.21 Å². The highest BCUT2D eigenvalue weighted by Gasteiger charge is 2.15. The van der Waals surface area contributed by atoms with Crippen molar-refractivity contribution in [3.63, 3.8) is 0 Å². The van der Waals surface area contributed by atoms with E-state index in [0.717, 1.165) is 36.3 Å². The molecule has 3 rings (SSSR count). The van der Waals surface area contributed by atoms with Crippen LogP contribution in [0.4, 0.5) is 0 Å². The Morgan fingerprint density at radius 3 is 3.04 bits per heavy atom. The number of unbranched alkanes of at least 4 members (excludes halogenated alkanes) is 1. The molecule has 4 nitrogen and oxygen atoms in total. The summed E-state index contributed by atoms with van der Waals surface area (Å²) in [5.41, 5.74) is 0.761. The molecule has 1 amide bonds. The van der Waals surface area contributed by atoms with Crippen LogP contribution in [0, 0.1) is 5.92 Å². The number of nitrogens with one attached hydrogen (secondary N) is 1. The molecule has 1 atom stereocenters. The second kappa shape index (κ2) is 7.64. The predicted octanol–water partition coefficient (Wildman–Crippen LogP) is 3.67. The quantitative estimate of drug-likeness (QED) is 0.827. The predicted molar refractivity (Wildman–Crippen MR) is 92.6 cm³/mol. The lowest BCUT2D eigenvalue weighted by atomic mass is 10.0. The smallest absolute Gasteiger partial charge is 0.287 e. The van der Waals surface area contributed by atoms with Gasteiger partial charge in [-0.15, -0.1) is 0 Å². The number of likely N-dealkylation sites (tertiary alicyclic amines) is 1. The Labute approximate surface area is 137 Å². The number of hydrogen-bond acceptors (Lipinski definition) is 3. The molecule has 4 heteroatoms. The van der Waals surface area contributed by atoms with Crippen molar-refractivity contribution in [3.8, 4) is 0 Å². The van der Waals surface area contributed by atoms with Gasteiger partial charge in [0.25, 0.3) is 5.91 Å². The number of hydrogen-bond donors (Lipinski definition) is 1. The van der Waals surface area contributed by atoms with Gasteiger partial charge in [0.05, 0.1) is 0 Å². The molecule has 0 saturated carbocycles. The van der Waals surface area contributed by atoms with Crippen molar-refractivity contribution in [3.05, 3.63) is 36.1 Å². The first-order valence-electron chi connectivity index (χ1n) is 8.71. The van der Waals surface area contributed by atoms with Gasteiger partial charge in [-0.05, 0) is 56.8 Å². The summed E-state index contributed by atoms with van der Waals surface area (Å²) in [4.78, 5) is 14.7. The number of nitrogens with zero attached hydrogens (tertiary/aromatic N) is 1. The van der Waals surface area contributed by atoms with Crippen LogP contribution in [0.25, 0.3) is 11.0 Å². The summed E-state index contributed by atoms with van der Waals surface area (Å²) in [5, 5.41) is 3.92. The summed E-state index contributed by atoms with van der Waals surface area (Å²) >= 11 is 0. The molecule has 0 aliphatic carbocycles. The fourth-order valence-electron chi connectivity index (χ4n) is 3.33. The zero-order valence-corrected chi connectivity index (χ0v) is 13.9. The van der Waals surface area contributed by atoms with Gasteiger partial charge in [0.15, 0.2) is 5.76 Å². The number of benzene rings is 1. The molecule has 0 bridgehead atoms. The van der Waals surface area contributed by atoms with Crippen LogP contribution < -0.4 is 5.32 Å². The summed E-state index contributed by atoms with van der Waals surface area (Å²) < 4.78 is 5.57. The molecule has 2 aromatic rings. The second-order valence-electron chi connectivity index (χ2n) is 6.66. The van der Waals surface area contributed by atoms with E-state index in [-0.39, 0.29) is 5.91 Å². The lowest BCUT2D eigenvalue weighted by Gasteiger charge is -2.30. The van der Waals surface area contributed by atoms with E-state index in [1.54, 1.807) is 6.07 Å². The SMILES string of the molecule is CC1CCCN(CCCCNC(=O)c2cc3ccccc3o2)C1. The Balaban J connectivity index is 1.37. The van der Waals surface area contributed by atoms with Crippen molar-refractivity contribution in [2.75, 3.05) is 26.2 Å². The van der Waals surface area contributed by atoms with Crippen LogP contribution >= 0.6 is 0 Å². The van der Waals surface area contributed by atoms with Crippen LogP contribution in [0.3, 0.4) is 0 Å². The Morgan fingerprint density at radius 2 is 2.22 bits per heavy atom. The van der Waals surface area contributed by atoms with E-state index in [0.29, 0.717) is 12.3 Å². The third kappa shape index (κ3) is 4.35. The maximum absolute atomic E-state index is 12.1. The molecule has 0 radical (unpaired) electrons. The highest BCUT2D eigenvalue weighted by Crippen LogP contribution is 2.18. The van der Waals surface area contributed by atoms with Crippen molar-refractivity contribution in [2.24, 2.45) is 5.92 Å². The molecule has 1 N–H and O–H groups in total. The van der Waals surface area contributed by atoms with Gasteiger partial charge in [0, 0.05) is 18.5 Å². The zero-order valence-electron chi connectivity index (χ0n) is 13.9. The highest BCUT2D eigenvalue weighted by molar-refractivity contribution is 5.95. The maximum Gasteiger partial charge on any atom is 0.287 e. The van der Waals surface area contributed by atoms with Gasteiger partial charge in [-0.3, -0.25) is 4.79 Å². The van der Waals surface area contributed by atoms with Crippen molar-refractivity contribution in [2.45, 2.75) is 32.6 Å². The molecular weight excluding hydrogens is 288 g/mol. The molecule has 2 heterocycles. The Morgan fingerprint density at radius 1 is 1.35 bits per heavy atom. The fraction of sp³-hybridized carbons (Fsp3) is 0.526. The number of carbonyl (C=O) groups is 1. The van der Waals surface area contributed by atoms with Crippen LogP contribution in [-0.2, 0) is 0 Å². The van der Waals surface area contributed by atoms with Gasteiger partial charge in [0.1, 0.15) is 5.58 Å². The average Bonchev–Trinajstić information content (AvgIpc) is 2.98. The normalized spacial score (nSPS) is 19.1. The molecule has 1 aliphatic rings. The number of carbonyl (C=O) groups excluding carboxylic acids is 1. The first-order chi connectivity index (χ1) is 11.2. The van der Waals surface area contributed by atoms with E-state index in [9.17, 15) is 4.79 Å². The van der Waals surface area contributed by atoms with E-state index in [4.69, 9.17) is 4.42 Å². The van der Waals surface area contributed by atoms with Gasteiger partial charge in [-0.2, -0.15) is 0 Å². The molecular formula is C19H26N2O2. The second-order valence-corrected chi connectivity index (χ2v) is 6.66. The summed E-state index contributed by atoms with van der Waals surface area (Å²) in [5.74, 6) is 1.11. The molecule has 23 heavy (non-hydrogen) atoms. The molecule has 124 valence electrons. The number of para-hydroxylation sites is 1. The third-order valence-electron chi connectivity index (χ3n) is 4.58. The molecule has 1 fully saturated rings. The average molecular weight is 314 g/mol. The van der Waals surface area contributed by atoms with Crippen LogP contribution in [0.15, 0.2) is 34.7 Å². The van der Waals surface area contributed by atoms with E-state index in [2.05, 4.69) is 17.1 Å². The summed E-state index contributed by atoms with van der Waals surface area (Å²) in [6, 6.07) is 9.50. The maximum atomic E-state index is 12.1. The Kier molecular flexibility index (Phi) is 5.34. The van der Waals surface area contributed by atoms with E-state index < -0.39 is 0 Å². The number of furan rings is 1. The minimum atomic E-state index is -0.118. The van der Waals surface area contributed by atoms with Gasteiger partial charge in [-0.25, -0.2) is 0 Å². The topological polar surface area (TPSA) is 45.5 Å². The largest absolute Gasteiger partial charge is 0.451 e. The molecule has 1 aliphatic heterocycles. The van der Waals surface area contributed by atoms with Crippen LogP contribution in [0.2, 0.25) is 0 Å². The molecule has 1 aromatic heterocycles. The van der Waals surface area contributed by atoms with Gasteiger partial charge >= 0.3 is 0 Å². The van der Waals surface area contributed by atoms with Gasteiger partial charge in [-0.1, -0.05) is 25.1 Å². The minimum absolute atomic E-state index is 0.118. The Hall–Kier alpha value is -1.81. The standard InChI is InChI=1S/C19H26N2O2/c1-15-7-6-12-21(14-15)11-5-4-10-20-19(22)18-13-16-8-2-3-9-17(16)23-18/h2-3,8-9,13,15H,4-7,10-12,14H2,1H3,(H,20,22). The number of rotatable bonds is 6. The molecule has 0 spiro atoms. The molecule has 1 unspecified atom stereocenters. The summed E-state index contributed by atoms with van der Waals surface area (Å²) in [6.45, 7) is 6.64. The Bertz CT molecular complexity index is 617. The lowest BCUT2D eigenvalue weighted by molar-refractivity contribution is 0.0926. The van der Waals surface area contributed by atoms with Crippen molar-refractivity contribution in [1.82, 2.24) is 10.2 Å². The summed E-state index contributed by atoms with van der Waals surface area (Å²) in [7, 11) is 0. The minimum Gasteiger partial charge on any atom is -0.451 e. The lowest BCUT2D eigenvalue weighted by Crippen LogP contribution is -2.35. The third-order valence-corrected chi connectivity index (χ3v) is 4.58. The van der Waals surface area contributed by atoms with Crippen LogP contribution in [0.1, 0.15) is 43.2 Å². The van der Waals surface area contributed by atoms with E-state index >= 15 is 0 Å². The number of fused-ring (bicyclic) bond motifs is 1. The van der Waals surface area contributed by atoms with E-state index in [1.165, 1.54) is 25.9 Å². The number of amides is 1. The molecule has 1 aromatic carbocycles. The van der Waals surface area contributed by atoms with Gasteiger partial charge < -0.3 is 14.6 Å². The van der Waals surface area contributed by atoms with Crippen LogP contribution in [-0.4, -0.2) is 37.0 Å². The zero-order chi connectivity index (χ0) is 16.1. The summed E-state index contributed by atoms with van der Waals surface area (Å²) in [6.07, 6.45) is 4.83. The van der Waals surface area contributed by atoms with Crippen LogP contribution in [0.5, 0.6) is 0 Å². The van der Waals surface area contributed by atoms with Gasteiger partial charge in [0.2, 0.25) is 0 Å².